The van der Waals surface area contributed by atoms with Gasteiger partial charge in [-0.3, -0.25) is 9.78 Å². The predicted octanol–water partition coefficient (Wildman–Crippen LogP) is 3.03. The zero-order chi connectivity index (χ0) is 21.5. The van der Waals surface area contributed by atoms with E-state index in [0.717, 1.165) is 18.3 Å². The second-order valence-corrected chi connectivity index (χ2v) is 6.56. The molecule has 0 bridgehead atoms. The molecule has 1 atom stereocenters. The molecule has 1 aromatic carbocycles. The minimum absolute atomic E-state index is 0.00516. The molecule has 0 radical (unpaired) electrons. The highest BCUT2D eigenvalue weighted by Gasteiger charge is 2.31. The maximum atomic E-state index is 13.1. The zero-order valence-electron chi connectivity index (χ0n) is 15.7. The number of benzene rings is 1. The molecule has 0 saturated heterocycles. The van der Waals surface area contributed by atoms with Gasteiger partial charge in [0.25, 0.3) is 0 Å². The third kappa shape index (κ3) is 3.49. The molecule has 0 unspecified atom stereocenters. The fraction of sp³-hybridized carbons (Fsp3) is 0.211. The maximum Gasteiger partial charge on any atom is 0.416 e. The van der Waals surface area contributed by atoms with Crippen LogP contribution in [0.4, 0.5) is 19.1 Å². The molecule has 11 heteroatoms. The van der Waals surface area contributed by atoms with Crippen molar-refractivity contribution in [3.05, 3.63) is 48.2 Å². The highest BCUT2D eigenvalue weighted by Crippen LogP contribution is 2.31. The molecule has 0 aliphatic carbocycles. The third-order valence-corrected chi connectivity index (χ3v) is 4.55. The Kier molecular flexibility index (Phi) is 4.72. The van der Waals surface area contributed by atoms with Crippen LogP contribution >= 0.6 is 0 Å². The topological polar surface area (TPSA) is 111 Å². The number of primary amides is 1. The molecule has 0 aliphatic heterocycles. The van der Waals surface area contributed by atoms with E-state index in [2.05, 4.69) is 25.4 Å². The molecule has 0 fully saturated rings. The van der Waals surface area contributed by atoms with E-state index in [0.29, 0.717) is 23.0 Å². The summed E-state index contributed by atoms with van der Waals surface area (Å²) in [5, 5.41) is 7.88. The van der Waals surface area contributed by atoms with Gasteiger partial charge in [-0.1, -0.05) is 19.1 Å². The Hall–Kier alpha value is -3.76. The van der Waals surface area contributed by atoms with Crippen molar-refractivity contribution in [1.29, 1.82) is 0 Å². The van der Waals surface area contributed by atoms with Crippen molar-refractivity contribution in [1.82, 2.24) is 24.6 Å². The first kappa shape index (κ1) is 19.6. The number of para-hydroxylation sites is 1. The number of hydrogen-bond acceptors (Lipinski definition) is 6. The van der Waals surface area contributed by atoms with Crippen molar-refractivity contribution < 1.29 is 18.0 Å². The van der Waals surface area contributed by atoms with E-state index in [9.17, 15) is 18.0 Å². The van der Waals surface area contributed by atoms with Gasteiger partial charge in [-0.05, 0) is 30.7 Å². The summed E-state index contributed by atoms with van der Waals surface area (Å²) >= 11 is 0. The number of hydrogen-bond donors (Lipinski definition) is 2. The number of carbonyl (C=O) groups is 1. The van der Waals surface area contributed by atoms with E-state index in [1.807, 2.05) is 0 Å². The van der Waals surface area contributed by atoms with Crippen molar-refractivity contribution >= 4 is 28.4 Å². The second-order valence-electron chi connectivity index (χ2n) is 6.56. The second kappa shape index (κ2) is 7.25. The number of nitrogens with two attached hydrogens (primary N) is 1. The highest BCUT2D eigenvalue weighted by molar-refractivity contribution is 5.93. The Morgan fingerprint density at radius 3 is 2.70 bits per heavy atom. The Balaban J connectivity index is 1.92. The maximum absolute atomic E-state index is 13.1. The number of fused-ring (bicyclic) bond motifs is 3. The fourth-order valence-corrected chi connectivity index (χ4v) is 3.02. The molecule has 0 spiro atoms. The number of anilines is 1. The summed E-state index contributed by atoms with van der Waals surface area (Å²) in [6.07, 6.45) is -3.06. The van der Waals surface area contributed by atoms with Crippen molar-refractivity contribution in [3.8, 4) is 11.5 Å². The van der Waals surface area contributed by atoms with E-state index in [1.54, 1.807) is 31.2 Å². The lowest BCUT2D eigenvalue weighted by atomic mass is 10.2. The Bertz CT molecular complexity index is 1250. The van der Waals surface area contributed by atoms with Crippen LogP contribution in [0.2, 0.25) is 0 Å². The van der Waals surface area contributed by atoms with Crippen molar-refractivity contribution in [3.63, 3.8) is 0 Å². The summed E-state index contributed by atoms with van der Waals surface area (Å²) in [5.41, 5.74) is 5.45. The highest BCUT2D eigenvalue weighted by atomic mass is 19.4. The molecule has 154 valence electrons. The number of carbonyl (C=O) groups excluding carboxylic acids is 1. The van der Waals surface area contributed by atoms with Crippen LogP contribution in [-0.4, -0.2) is 36.5 Å². The first-order chi connectivity index (χ1) is 14.3. The molecular formula is C19H16F3N7O. The molecule has 4 rings (SSSR count). The molecule has 0 saturated carbocycles. The van der Waals surface area contributed by atoms with E-state index in [-0.39, 0.29) is 17.5 Å². The first-order valence-electron chi connectivity index (χ1n) is 9.03. The molecule has 3 N–H and O–H groups in total. The van der Waals surface area contributed by atoms with Gasteiger partial charge in [0.15, 0.2) is 5.65 Å². The SMILES string of the molecule is CC[C@@H](Nc1nc2ccccc2c2nc(-c3cc(C(F)(F)F)ccn3)nn12)C(N)=O. The summed E-state index contributed by atoms with van der Waals surface area (Å²) in [7, 11) is 0. The number of alkyl halides is 3. The number of nitrogens with zero attached hydrogens (tertiary/aromatic N) is 5. The molecule has 1 amide bonds. The normalized spacial score (nSPS) is 12.9. The van der Waals surface area contributed by atoms with Gasteiger partial charge >= 0.3 is 6.18 Å². The van der Waals surface area contributed by atoms with Crippen LogP contribution < -0.4 is 11.1 Å². The zero-order valence-corrected chi connectivity index (χ0v) is 15.7. The van der Waals surface area contributed by atoms with Crippen molar-refractivity contribution in [2.75, 3.05) is 5.32 Å². The smallest absolute Gasteiger partial charge is 0.368 e. The van der Waals surface area contributed by atoms with Crippen LogP contribution in [0.15, 0.2) is 42.6 Å². The minimum Gasteiger partial charge on any atom is -0.368 e. The van der Waals surface area contributed by atoms with Gasteiger partial charge < -0.3 is 11.1 Å². The van der Waals surface area contributed by atoms with Crippen LogP contribution in [0.3, 0.4) is 0 Å². The molecule has 3 aromatic heterocycles. The van der Waals surface area contributed by atoms with Gasteiger partial charge in [-0.2, -0.15) is 17.7 Å². The average molecular weight is 415 g/mol. The van der Waals surface area contributed by atoms with Crippen LogP contribution in [0.25, 0.3) is 28.1 Å². The van der Waals surface area contributed by atoms with Crippen LogP contribution in [-0.2, 0) is 11.0 Å². The lowest BCUT2D eigenvalue weighted by Crippen LogP contribution is -2.35. The van der Waals surface area contributed by atoms with Crippen molar-refractivity contribution in [2.45, 2.75) is 25.6 Å². The molecule has 0 aliphatic rings. The average Bonchev–Trinajstić information content (AvgIpc) is 3.17. The minimum atomic E-state index is -4.52. The number of halogens is 3. The van der Waals surface area contributed by atoms with Crippen LogP contribution in [0.5, 0.6) is 0 Å². The summed E-state index contributed by atoms with van der Waals surface area (Å²) in [5.74, 6) is -0.380. The van der Waals surface area contributed by atoms with Crippen LogP contribution in [0, 0.1) is 0 Å². The standard InChI is InChI=1S/C19H16F3N7O/c1-2-12(15(23)30)25-18-26-13-6-4-3-5-11(13)17-27-16(28-29(17)18)14-9-10(7-8-24-14)19(20,21)22/h3-9,12H,2H2,1H3,(H2,23,30)(H,25,26)/t12-/m1/s1. The van der Waals surface area contributed by atoms with E-state index in [4.69, 9.17) is 5.73 Å². The van der Waals surface area contributed by atoms with Crippen molar-refractivity contribution in [2.24, 2.45) is 5.73 Å². The quantitative estimate of drug-likeness (QED) is 0.518. The number of amides is 1. The van der Waals surface area contributed by atoms with Gasteiger partial charge in [0.1, 0.15) is 11.7 Å². The number of rotatable bonds is 5. The summed E-state index contributed by atoms with van der Waals surface area (Å²) in [6.45, 7) is 1.78. The largest absolute Gasteiger partial charge is 0.416 e. The first-order valence-corrected chi connectivity index (χ1v) is 9.03. The van der Waals surface area contributed by atoms with Gasteiger partial charge in [-0.15, -0.1) is 5.10 Å². The predicted molar refractivity (Wildman–Crippen MR) is 103 cm³/mol. The van der Waals surface area contributed by atoms with Gasteiger partial charge in [0.05, 0.1) is 11.1 Å². The molecule has 4 aromatic rings. The summed E-state index contributed by atoms with van der Waals surface area (Å²) in [4.78, 5) is 24.5. The molecule has 3 heterocycles. The monoisotopic (exact) mass is 415 g/mol. The van der Waals surface area contributed by atoms with E-state index < -0.39 is 23.7 Å². The van der Waals surface area contributed by atoms with Crippen LogP contribution in [0.1, 0.15) is 18.9 Å². The van der Waals surface area contributed by atoms with Gasteiger partial charge in [-0.25, -0.2) is 9.97 Å². The number of pyridine rings is 1. The number of aromatic nitrogens is 5. The Morgan fingerprint density at radius 1 is 1.23 bits per heavy atom. The Labute approximate surface area is 168 Å². The van der Waals surface area contributed by atoms with E-state index >= 15 is 0 Å². The molecular weight excluding hydrogens is 399 g/mol. The number of nitrogens with one attached hydrogen (secondary N) is 1. The molecule has 8 nitrogen and oxygen atoms in total. The summed E-state index contributed by atoms with van der Waals surface area (Å²) in [6, 6.07) is 8.14. The van der Waals surface area contributed by atoms with Gasteiger partial charge in [0, 0.05) is 11.6 Å². The summed E-state index contributed by atoms with van der Waals surface area (Å²) < 4.78 is 40.6. The van der Waals surface area contributed by atoms with Gasteiger partial charge in [0.2, 0.25) is 17.7 Å². The fourth-order valence-electron chi connectivity index (χ4n) is 3.02. The molecule has 30 heavy (non-hydrogen) atoms. The lowest BCUT2D eigenvalue weighted by Gasteiger charge is -2.15. The third-order valence-electron chi connectivity index (χ3n) is 4.55. The van der Waals surface area contributed by atoms with E-state index in [1.165, 1.54) is 4.52 Å². The Morgan fingerprint density at radius 2 is 2.00 bits per heavy atom. The lowest BCUT2D eigenvalue weighted by molar-refractivity contribution is -0.137.